The summed E-state index contributed by atoms with van der Waals surface area (Å²) in [5.74, 6) is 1.16. The first-order chi connectivity index (χ1) is 9.71. The van der Waals surface area contributed by atoms with E-state index in [2.05, 4.69) is 17.6 Å². The number of hydrogen-bond donors (Lipinski definition) is 3. The first-order valence-electron chi connectivity index (χ1n) is 8.08. The molecule has 4 N–H and O–H groups in total. The van der Waals surface area contributed by atoms with E-state index in [1.54, 1.807) is 0 Å². The summed E-state index contributed by atoms with van der Waals surface area (Å²) in [6.07, 6.45) is 3.84. The van der Waals surface area contributed by atoms with Gasteiger partial charge in [0.25, 0.3) is 0 Å². The molecule has 2 aliphatic carbocycles. The molecule has 0 heterocycles. The van der Waals surface area contributed by atoms with E-state index in [0.29, 0.717) is 17.8 Å². The summed E-state index contributed by atoms with van der Waals surface area (Å²) in [6.45, 7) is 8.08. The molecule has 21 heavy (non-hydrogen) atoms. The molecular formula is C16H29N3O2. The van der Waals surface area contributed by atoms with Crippen molar-refractivity contribution in [1.82, 2.24) is 10.6 Å². The Bertz CT molecular complexity index is 422. The van der Waals surface area contributed by atoms with Crippen LogP contribution in [-0.4, -0.2) is 24.0 Å². The van der Waals surface area contributed by atoms with Gasteiger partial charge in [0.15, 0.2) is 0 Å². The van der Waals surface area contributed by atoms with Gasteiger partial charge >= 0.3 is 6.03 Å². The molecule has 0 aromatic carbocycles. The molecule has 2 bridgehead atoms. The van der Waals surface area contributed by atoms with Crippen LogP contribution < -0.4 is 16.4 Å². The summed E-state index contributed by atoms with van der Waals surface area (Å²) in [4.78, 5) is 23.8. The van der Waals surface area contributed by atoms with Gasteiger partial charge in [-0.25, -0.2) is 4.79 Å². The molecule has 0 saturated heterocycles. The van der Waals surface area contributed by atoms with Crippen LogP contribution in [0.25, 0.3) is 0 Å². The van der Waals surface area contributed by atoms with Crippen LogP contribution in [0.1, 0.15) is 53.4 Å². The minimum Gasteiger partial charge on any atom is -0.369 e. The predicted octanol–water partition coefficient (Wildman–Crippen LogP) is 2.01. The SMILES string of the molecule is CC(C)NC(=O)NC1C(C)CC2CC1CC(C)(C(N)=O)C2. The maximum Gasteiger partial charge on any atom is 0.315 e. The predicted molar refractivity (Wildman–Crippen MR) is 82.5 cm³/mol. The molecule has 0 aliphatic heterocycles. The molecule has 0 radical (unpaired) electrons. The maximum atomic E-state index is 12.0. The number of urea groups is 1. The summed E-state index contributed by atoms with van der Waals surface area (Å²) < 4.78 is 0. The van der Waals surface area contributed by atoms with Crippen LogP contribution in [0.2, 0.25) is 0 Å². The fourth-order valence-corrected chi connectivity index (χ4v) is 4.40. The average Bonchev–Trinajstić information content (AvgIpc) is 2.32. The molecule has 0 aromatic heterocycles. The smallest absolute Gasteiger partial charge is 0.315 e. The Balaban J connectivity index is 2.08. The third kappa shape index (κ3) is 3.50. The number of hydrogen-bond acceptors (Lipinski definition) is 2. The van der Waals surface area contributed by atoms with Crippen molar-refractivity contribution in [3.63, 3.8) is 0 Å². The number of nitrogens with one attached hydrogen (secondary N) is 2. The normalized spacial score (nSPS) is 38.9. The van der Waals surface area contributed by atoms with E-state index in [1.165, 1.54) is 0 Å². The van der Waals surface area contributed by atoms with Crippen molar-refractivity contribution in [3.8, 4) is 0 Å². The fraction of sp³-hybridized carbons (Fsp3) is 0.875. The molecule has 2 rings (SSSR count). The fourth-order valence-electron chi connectivity index (χ4n) is 4.40. The van der Waals surface area contributed by atoms with Gasteiger partial charge < -0.3 is 16.4 Å². The van der Waals surface area contributed by atoms with Crippen molar-refractivity contribution in [2.45, 2.75) is 65.5 Å². The first-order valence-corrected chi connectivity index (χ1v) is 8.08. The van der Waals surface area contributed by atoms with Crippen molar-refractivity contribution >= 4 is 11.9 Å². The quantitative estimate of drug-likeness (QED) is 0.744. The summed E-state index contributed by atoms with van der Waals surface area (Å²) in [5, 5.41) is 6.02. The Morgan fingerprint density at radius 1 is 1.24 bits per heavy atom. The highest BCUT2D eigenvalue weighted by Crippen LogP contribution is 2.50. The molecule has 5 nitrogen and oxygen atoms in total. The Kier molecular flexibility index (Phi) is 4.49. The summed E-state index contributed by atoms with van der Waals surface area (Å²) in [5.41, 5.74) is 5.20. The van der Waals surface area contributed by atoms with Crippen molar-refractivity contribution in [3.05, 3.63) is 0 Å². The van der Waals surface area contributed by atoms with Crippen molar-refractivity contribution < 1.29 is 9.59 Å². The molecule has 2 aliphatic rings. The number of carbonyl (C=O) groups excluding carboxylic acids is 2. The number of rotatable bonds is 3. The van der Waals surface area contributed by atoms with E-state index in [0.717, 1.165) is 25.7 Å². The van der Waals surface area contributed by atoms with Crippen LogP contribution in [-0.2, 0) is 4.79 Å². The topological polar surface area (TPSA) is 84.2 Å². The minimum absolute atomic E-state index is 0.105. The van der Waals surface area contributed by atoms with Crippen LogP contribution in [0.5, 0.6) is 0 Å². The van der Waals surface area contributed by atoms with Gasteiger partial charge in [0.2, 0.25) is 5.91 Å². The zero-order chi connectivity index (χ0) is 15.8. The van der Waals surface area contributed by atoms with E-state index < -0.39 is 5.41 Å². The minimum atomic E-state index is -0.415. The van der Waals surface area contributed by atoms with Crippen LogP contribution >= 0.6 is 0 Å². The molecule has 2 saturated carbocycles. The third-order valence-corrected chi connectivity index (χ3v) is 5.23. The van der Waals surface area contributed by atoms with Gasteiger partial charge in [-0.3, -0.25) is 4.79 Å². The zero-order valence-corrected chi connectivity index (χ0v) is 13.6. The molecule has 3 amide bonds. The van der Waals surface area contributed by atoms with Crippen LogP contribution in [0, 0.1) is 23.2 Å². The largest absolute Gasteiger partial charge is 0.369 e. The van der Waals surface area contributed by atoms with Crippen molar-refractivity contribution in [2.24, 2.45) is 28.9 Å². The Labute approximate surface area is 127 Å². The lowest BCUT2D eigenvalue weighted by atomic mass is 9.57. The highest BCUT2D eigenvalue weighted by molar-refractivity contribution is 5.80. The van der Waals surface area contributed by atoms with Gasteiger partial charge in [0.1, 0.15) is 0 Å². The van der Waals surface area contributed by atoms with E-state index in [4.69, 9.17) is 5.73 Å². The molecule has 0 aromatic rings. The molecule has 120 valence electrons. The van der Waals surface area contributed by atoms with Gasteiger partial charge in [-0.2, -0.15) is 0 Å². The van der Waals surface area contributed by atoms with Gasteiger partial charge in [-0.05, 0) is 57.3 Å². The Morgan fingerprint density at radius 2 is 1.90 bits per heavy atom. The van der Waals surface area contributed by atoms with Crippen LogP contribution in [0.3, 0.4) is 0 Å². The second kappa shape index (κ2) is 5.85. The molecular weight excluding hydrogens is 266 g/mol. The number of fused-ring (bicyclic) bond motifs is 2. The van der Waals surface area contributed by atoms with Gasteiger partial charge in [0, 0.05) is 17.5 Å². The second-order valence-corrected chi connectivity index (χ2v) is 7.71. The lowest BCUT2D eigenvalue weighted by Crippen LogP contribution is -2.56. The molecule has 2 fully saturated rings. The van der Waals surface area contributed by atoms with E-state index in [-0.39, 0.29) is 24.0 Å². The zero-order valence-electron chi connectivity index (χ0n) is 13.6. The highest BCUT2D eigenvalue weighted by Gasteiger charge is 2.48. The Hall–Kier alpha value is -1.26. The summed E-state index contributed by atoms with van der Waals surface area (Å²) in [7, 11) is 0. The molecule has 5 atom stereocenters. The van der Waals surface area contributed by atoms with Crippen LogP contribution in [0.4, 0.5) is 4.79 Å². The number of carbonyl (C=O) groups is 2. The lowest BCUT2D eigenvalue weighted by Gasteiger charge is -2.50. The summed E-state index contributed by atoms with van der Waals surface area (Å²) >= 11 is 0. The molecule has 0 spiro atoms. The monoisotopic (exact) mass is 295 g/mol. The molecule has 5 unspecified atom stereocenters. The highest BCUT2D eigenvalue weighted by atomic mass is 16.2. The average molecular weight is 295 g/mol. The van der Waals surface area contributed by atoms with Gasteiger partial charge in [-0.15, -0.1) is 0 Å². The third-order valence-electron chi connectivity index (χ3n) is 5.23. The van der Waals surface area contributed by atoms with Crippen molar-refractivity contribution in [2.75, 3.05) is 0 Å². The van der Waals surface area contributed by atoms with E-state index in [9.17, 15) is 9.59 Å². The standard InChI is InChI=1S/C16H29N3O2/c1-9(2)18-15(21)19-13-10(3)5-11-6-12(13)8-16(4,7-11)14(17)20/h9-13H,5-8H2,1-4H3,(H2,17,20)(H2,18,19,21). The number of amides is 3. The lowest BCUT2D eigenvalue weighted by molar-refractivity contribution is -0.132. The van der Waals surface area contributed by atoms with Crippen molar-refractivity contribution in [1.29, 1.82) is 0 Å². The van der Waals surface area contributed by atoms with Gasteiger partial charge in [-0.1, -0.05) is 13.8 Å². The Morgan fingerprint density at radius 3 is 2.48 bits per heavy atom. The maximum absolute atomic E-state index is 12.0. The van der Waals surface area contributed by atoms with E-state index >= 15 is 0 Å². The van der Waals surface area contributed by atoms with Crippen LogP contribution in [0.15, 0.2) is 0 Å². The molecule has 5 heteroatoms. The summed E-state index contributed by atoms with van der Waals surface area (Å²) in [6, 6.07) is 0.157. The van der Waals surface area contributed by atoms with E-state index in [1.807, 2.05) is 20.8 Å². The first kappa shape index (κ1) is 16.1. The van der Waals surface area contributed by atoms with Gasteiger partial charge in [0.05, 0.1) is 0 Å². The number of primary amides is 1. The second-order valence-electron chi connectivity index (χ2n) is 7.71. The number of nitrogens with two attached hydrogens (primary N) is 1.